The zero-order chi connectivity index (χ0) is 32.3. The Hall–Kier alpha value is -6.32. The van der Waals surface area contributed by atoms with Crippen LogP contribution >= 0.6 is 0 Å². The van der Waals surface area contributed by atoms with Crippen molar-refractivity contribution in [2.75, 3.05) is 4.90 Å². The van der Waals surface area contributed by atoms with Crippen LogP contribution in [0.3, 0.4) is 0 Å². The molecule has 10 rings (SSSR count). The maximum Gasteiger partial charge on any atom is 0.145 e. The van der Waals surface area contributed by atoms with Gasteiger partial charge in [-0.3, -0.25) is 0 Å². The first-order chi connectivity index (χ1) is 24.3. The van der Waals surface area contributed by atoms with E-state index in [1.54, 1.807) is 0 Å². The Bertz CT molecular complexity index is 2710. The molecule has 0 atom stereocenters. The molecule has 0 fully saturated rings. The number of allylic oxidation sites excluding steroid dienone is 1. The van der Waals surface area contributed by atoms with Crippen molar-refractivity contribution in [1.82, 2.24) is 0 Å². The third kappa shape index (κ3) is 4.51. The van der Waals surface area contributed by atoms with E-state index >= 15 is 0 Å². The third-order valence-corrected chi connectivity index (χ3v) is 9.92. The number of benzene rings is 7. The number of anilines is 3. The number of rotatable bonds is 5. The van der Waals surface area contributed by atoms with Gasteiger partial charge in [0.05, 0.1) is 5.69 Å². The number of hydrogen-bond donors (Lipinski definition) is 0. The minimum absolute atomic E-state index is 0.907. The SMILES string of the molecule is C1=Cc2oc3c(c(N(c4ccc(-c5cccc6c5oc5ccccc56)cc4)c4cccc(-c5ccccc5)c4)cc4ccccc43)c2CC1. The topological polar surface area (TPSA) is 29.5 Å². The molecule has 232 valence electrons. The van der Waals surface area contributed by atoms with Gasteiger partial charge in [-0.2, -0.15) is 0 Å². The smallest absolute Gasteiger partial charge is 0.145 e. The van der Waals surface area contributed by atoms with Gasteiger partial charge in [0, 0.05) is 44.0 Å². The molecule has 0 saturated heterocycles. The summed E-state index contributed by atoms with van der Waals surface area (Å²) in [5.41, 5.74) is 11.9. The molecule has 2 heterocycles. The van der Waals surface area contributed by atoms with Gasteiger partial charge in [-0.15, -0.1) is 0 Å². The van der Waals surface area contributed by atoms with Gasteiger partial charge < -0.3 is 13.7 Å². The van der Waals surface area contributed by atoms with Crippen LogP contribution in [0.1, 0.15) is 17.7 Å². The van der Waals surface area contributed by atoms with Gasteiger partial charge in [0.25, 0.3) is 0 Å². The molecule has 2 aromatic heterocycles. The van der Waals surface area contributed by atoms with E-state index in [0.717, 1.165) is 85.1 Å². The average molecular weight is 630 g/mol. The number of aryl methyl sites for hydroxylation is 1. The molecular formula is C46H31NO2. The Morgan fingerprint density at radius 2 is 1.27 bits per heavy atom. The van der Waals surface area contributed by atoms with Crippen molar-refractivity contribution in [2.24, 2.45) is 0 Å². The molecule has 1 aliphatic carbocycles. The number of hydrogen-bond acceptors (Lipinski definition) is 3. The third-order valence-electron chi connectivity index (χ3n) is 9.92. The Morgan fingerprint density at radius 3 is 2.16 bits per heavy atom. The van der Waals surface area contributed by atoms with Crippen LogP contribution in [0.5, 0.6) is 0 Å². The van der Waals surface area contributed by atoms with Crippen LogP contribution in [-0.4, -0.2) is 0 Å². The second-order valence-electron chi connectivity index (χ2n) is 12.8. The van der Waals surface area contributed by atoms with Gasteiger partial charge in [0.15, 0.2) is 0 Å². The molecule has 0 aliphatic heterocycles. The highest BCUT2D eigenvalue weighted by Gasteiger charge is 2.25. The first-order valence-corrected chi connectivity index (χ1v) is 16.9. The fourth-order valence-electron chi connectivity index (χ4n) is 7.62. The number of para-hydroxylation sites is 2. The van der Waals surface area contributed by atoms with E-state index in [1.165, 1.54) is 22.1 Å². The Kier molecular flexibility index (Phi) is 6.31. The Balaban J connectivity index is 1.20. The predicted molar refractivity (Wildman–Crippen MR) is 204 cm³/mol. The van der Waals surface area contributed by atoms with Gasteiger partial charge in [-0.25, -0.2) is 0 Å². The highest BCUT2D eigenvalue weighted by molar-refractivity contribution is 6.14. The molecular weight excluding hydrogens is 599 g/mol. The first-order valence-electron chi connectivity index (χ1n) is 16.9. The fraction of sp³-hybridized carbons (Fsp3) is 0.0435. The lowest BCUT2D eigenvalue weighted by atomic mass is 9.96. The standard InChI is InChI=1S/C46H31NO2/c1-2-12-30(13-3-1)32-15-10-16-35(28-32)47(41-29-33-14-4-5-17-37(33)46-44(41)40-19-7-9-23-43(40)49-46)34-26-24-31(25-27-34)36-20-11-21-39-38-18-6-8-22-42(38)48-45(36)39/h1-6,8-18,20-29H,7,19H2. The number of nitrogens with zero attached hydrogens (tertiary/aromatic N) is 1. The molecule has 0 unspecified atom stereocenters. The first kappa shape index (κ1) is 27.8. The van der Waals surface area contributed by atoms with E-state index in [-0.39, 0.29) is 0 Å². The van der Waals surface area contributed by atoms with E-state index in [4.69, 9.17) is 8.83 Å². The highest BCUT2D eigenvalue weighted by Crippen LogP contribution is 2.47. The van der Waals surface area contributed by atoms with Gasteiger partial charge in [0.1, 0.15) is 22.5 Å². The molecule has 3 heteroatoms. The number of fused-ring (bicyclic) bond motifs is 8. The second-order valence-corrected chi connectivity index (χ2v) is 12.8. The van der Waals surface area contributed by atoms with Gasteiger partial charge in [0.2, 0.25) is 0 Å². The van der Waals surface area contributed by atoms with Crippen LogP contribution < -0.4 is 4.90 Å². The molecule has 7 aromatic carbocycles. The summed E-state index contributed by atoms with van der Waals surface area (Å²) in [4.78, 5) is 2.40. The van der Waals surface area contributed by atoms with Crippen LogP contribution in [0.25, 0.3) is 72.0 Å². The summed E-state index contributed by atoms with van der Waals surface area (Å²) in [6.07, 6.45) is 6.31. The molecule has 9 aromatic rings. The summed E-state index contributed by atoms with van der Waals surface area (Å²) in [7, 11) is 0. The van der Waals surface area contributed by atoms with Crippen molar-refractivity contribution < 1.29 is 8.83 Å². The minimum Gasteiger partial charge on any atom is -0.456 e. The van der Waals surface area contributed by atoms with Crippen molar-refractivity contribution in [1.29, 1.82) is 0 Å². The molecule has 3 nitrogen and oxygen atoms in total. The largest absolute Gasteiger partial charge is 0.456 e. The maximum absolute atomic E-state index is 6.68. The van der Waals surface area contributed by atoms with Crippen molar-refractivity contribution in [3.8, 4) is 22.3 Å². The lowest BCUT2D eigenvalue weighted by Gasteiger charge is -2.28. The second kappa shape index (κ2) is 11.1. The van der Waals surface area contributed by atoms with Crippen LogP contribution in [0.2, 0.25) is 0 Å². The van der Waals surface area contributed by atoms with E-state index in [0.29, 0.717) is 0 Å². The average Bonchev–Trinajstić information content (AvgIpc) is 3.75. The monoisotopic (exact) mass is 629 g/mol. The lowest BCUT2D eigenvalue weighted by Crippen LogP contribution is -2.11. The molecule has 0 spiro atoms. The summed E-state index contributed by atoms with van der Waals surface area (Å²) in [5.74, 6) is 0.964. The van der Waals surface area contributed by atoms with Crippen LogP contribution in [0.15, 0.2) is 167 Å². The van der Waals surface area contributed by atoms with E-state index < -0.39 is 0 Å². The molecule has 0 N–H and O–H groups in total. The molecule has 0 radical (unpaired) electrons. The highest BCUT2D eigenvalue weighted by atomic mass is 16.3. The van der Waals surface area contributed by atoms with Crippen LogP contribution in [0.4, 0.5) is 17.1 Å². The molecule has 0 saturated carbocycles. The molecule has 0 amide bonds. The van der Waals surface area contributed by atoms with E-state index in [9.17, 15) is 0 Å². The van der Waals surface area contributed by atoms with Crippen LogP contribution in [-0.2, 0) is 6.42 Å². The van der Waals surface area contributed by atoms with Crippen molar-refractivity contribution in [3.63, 3.8) is 0 Å². The summed E-state index contributed by atoms with van der Waals surface area (Å²) >= 11 is 0. The van der Waals surface area contributed by atoms with E-state index in [1.807, 2.05) is 12.1 Å². The zero-order valence-corrected chi connectivity index (χ0v) is 26.8. The van der Waals surface area contributed by atoms with Crippen LogP contribution in [0, 0.1) is 0 Å². The maximum atomic E-state index is 6.68. The summed E-state index contributed by atoms with van der Waals surface area (Å²) < 4.78 is 13.1. The lowest BCUT2D eigenvalue weighted by molar-refractivity contribution is 0.598. The Labute approximate surface area is 283 Å². The van der Waals surface area contributed by atoms with Gasteiger partial charge in [-0.1, -0.05) is 121 Å². The van der Waals surface area contributed by atoms with Crippen molar-refractivity contribution in [2.45, 2.75) is 12.8 Å². The normalized spacial score (nSPS) is 12.7. The predicted octanol–water partition coefficient (Wildman–Crippen LogP) is 13.2. The zero-order valence-electron chi connectivity index (χ0n) is 26.8. The molecule has 0 bridgehead atoms. The summed E-state index contributed by atoms with van der Waals surface area (Å²) in [6.45, 7) is 0. The summed E-state index contributed by atoms with van der Waals surface area (Å²) in [5, 5.41) is 5.74. The summed E-state index contributed by atoms with van der Waals surface area (Å²) in [6, 6.07) is 53.9. The Morgan fingerprint density at radius 1 is 0.510 bits per heavy atom. The molecule has 1 aliphatic rings. The minimum atomic E-state index is 0.907. The fourth-order valence-corrected chi connectivity index (χ4v) is 7.62. The quantitative estimate of drug-likeness (QED) is 0.190. The van der Waals surface area contributed by atoms with Gasteiger partial charge in [-0.05, 0) is 77.4 Å². The number of furan rings is 2. The molecule has 49 heavy (non-hydrogen) atoms. The van der Waals surface area contributed by atoms with Crippen molar-refractivity contribution >= 4 is 66.8 Å². The van der Waals surface area contributed by atoms with Gasteiger partial charge >= 0.3 is 0 Å². The van der Waals surface area contributed by atoms with Crippen molar-refractivity contribution in [3.05, 3.63) is 169 Å². The van der Waals surface area contributed by atoms with E-state index in [2.05, 4.69) is 157 Å².